The van der Waals surface area contributed by atoms with E-state index < -0.39 is 0 Å². The largest absolute Gasteiger partial charge is 0.294 e. The maximum absolute atomic E-state index is 12.3. The monoisotopic (exact) mass is 238 g/mol. The van der Waals surface area contributed by atoms with Crippen molar-refractivity contribution < 1.29 is 4.79 Å². The highest BCUT2D eigenvalue weighted by Crippen LogP contribution is 2.14. The highest BCUT2D eigenvalue weighted by Gasteiger charge is 2.09. The Kier molecular flexibility index (Phi) is 3.61. The fraction of sp³-hybridized carbons (Fsp3) is 0.235. The topological polar surface area (TPSA) is 17.1 Å². The Morgan fingerprint density at radius 2 is 1.56 bits per heavy atom. The van der Waals surface area contributed by atoms with Gasteiger partial charge in [0.2, 0.25) is 0 Å². The van der Waals surface area contributed by atoms with Crippen LogP contribution in [0.2, 0.25) is 0 Å². The summed E-state index contributed by atoms with van der Waals surface area (Å²) >= 11 is 0. The summed E-state index contributed by atoms with van der Waals surface area (Å²) in [6.45, 7) is 6.11. The van der Waals surface area contributed by atoms with Gasteiger partial charge in [0.1, 0.15) is 0 Å². The first-order chi connectivity index (χ1) is 8.56. The van der Waals surface area contributed by atoms with Crippen LogP contribution in [0.1, 0.15) is 32.6 Å². The Hall–Kier alpha value is -1.89. The van der Waals surface area contributed by atoms with Crippen LogP contribution in [0.15, 0.2) is 42.5 Å². The molecule has 0 bridgehead atoms. The van der Waals surface area contributed by atoms with Crippen LogP contribution in [0.25, 0.3) is 0 Å². The van der Waals surface area contributed by atoms with Gasteiger partial charge in [-0.15, -0.1) is 0 Å². The van der Waals surface area contributed by atoms with Crippen molar-refractivity contribution in [1.29, 1.82) is 0 Å². The molecule has 0 N–H and O–H groups in total. The first-order valence-corrected chi connectivity index (χ1v) is 6.22. The lowest BCUT2D eigenvalue weighted by Crippen LogP contribution is -2.05. The van der Waals surface area contributed by atoms with Gasteiger partial charge >= 0.3 is 0 Å². The third kappa shape index (κ3) is 2.86. The minimum atomic E-state index is 0.193. The molecule has 1 heteroatoms. The van der Waals surface area contributed by atoms with Gasteiger partial charge in [0.15, 0.2) is 5.78 Å². The van der Waals surface area contributed by atoms with E-state index in [1.54, 1.807) is 0 Å². The van der Waals surface area contributed by atoms with Gasteiger partial charge in [0, 0.05) is 12.0 Å². The van der Waals surface area contributed by atoms with Crippen molar-refractivity contribution in [2.75, 3.05) is 0 Å². The van der Waals surface area contributed by atoms with E-state index in [4.69, 9.17) is 0 Å². The molecular formula is C17H18O. The molecule has 2 rings (SSSR count). The quantitative estimate of drug-likeness (QED) is 0.738. The minimum absolute atomic E-state index is 0.193. The van der Waals surface area contributed by atoms with Crippen molar-refractivity contribution >= 4 is 5.78 Å². The first-order valence-electron chi connectivity index (χ1n) is 6.22. The van der Waals surface area contributed by atoms with E-state index in [1.807, 2.05) is 31.2 Å². The van der Waals surface area contributed by atoms with Crippen LogP contribution in [0.3, 0.4) is 0 Å². The summed E-state index contributed by atoms with van der Waals surface area (Å²) in [5, 5.41) is 0. The van der Waals surface area contributed by atoms with Crippen LogP contribution in [-0.2, 0) is 6.42 Å². The Balaban J connectivity index is 2.24. The molecule has 0 aliphatic carbocycles. The van der Waals surface area contributed by atoms with Crippen molar-refractivity contribution in [3.63, 3.8) is 0 Å². The average molecular weight is 238 g/mol. The predicted molar refractivity (Wildman–Crippen MR) is 75.1 cm³/mol. The lowest BCUT2D eigenvalue weighted by Gasteiger charge is -2.06. The van der Waals surface area contributed by atoms with Crippen molar-refractivity contribution in [1.82, 2.24) is 0 Å². The molecule has 1 nitrogen and oxygen atoms in total. The van der Waals surface area contributed by atoms with Crippen LogP contribution in [0.4, 0.5) is 0 Å². The van der Waals surface area contributed by atoms with Gasteiger partial charge in [-0.1, -0.05) is 53.6 Å². The molecule has 0 spiro atoms. The van der Waals surface area contributed by atoms with E-state index in [0.717, 1.165) is 16.7 Å². The van der Waals surface area contributed by atoms with E-state index in [1.165, 1.54) is 11.1 Å². The van der Waals surface area contributed by atoms with Crippen molar-refractivity contribution in [2.45, 2.75) is 27.2 Å². The van der Waals surface area contributed by atoms with Gasteiger partial charge in [-0.2, -0.15) is 0 Å². The number of aryl methyl sites for hydroxylation is 3. The zero-order valence-electron chi connectivity index (χ0n) is 11.2. The molecule has 0 unspecified atom stereocenters. The Morgan fingerprint density at radius 3 is 2.17 bits per heavy atom. The average Bonchev–Trinajstić information content (AvgIpc) is 2.27. The molecule has 0 saturated heterocycles. The standard InChI is InChI=1S/C17H18O/c1-12-8-13(2)10-15(9-12)11-17(18)16-7-5-4-6-14(16)3/h4-10H,11H2,1-3H3. The second-order valence-electron chi connectivity index (χ2n) is 4.91. The summed E-state index contributed by atoms with van der Waals surface area (Å²) < 4.78 is 0. The molecule has 2 aromatic carbocycles. The van der Waals surface area contributed by atoms with Crippen LogP contribution < -0.4 is 0 Å². The van der Waals surface area contributed by atoms with E-state index in [9.17, 15) is 4.79 Å². The molecule has 0 aromatic heterocycles. The van der Waals surface area contributed by atoms with Crippen LogP contribution in [0, 0.1) is 20.8 Å². The second-order valence-corrected chi connectivity index (χ2v) is 4.91. The number of ketones is 1. The molecule has 0 amide bonds. The third-order valence-electron chi connectivity index (χ3n) is 3.09. The number of rotatable bonds is 3. The molecule has 0 atom stereocenters. The Labute approximate surface area is 108 Å². The SMILES string of the molecule is Cc1cc(C)cc(CC(=O)c2ccccc2C)c1. The summed E-state index contributed by atoms with van der Waals surface area (Å²) in [6, 6.07) is 14.1. The maximum atomic E-state index is 12.3. The van der Waals surface area contributed by atoms with Crippen LogP contribution in [-0.4, -0.2) is 5.78 Å². The second kappa shape index (κ2) is 5.18. The number of Topliss-reactive ketones (excluding diaryl/α,β-unsaturated/α-hetero) is 1. The smallest absolute Gasteiger partial charge is 0.167 e. The fourth-order valence-corrected chi connectivity index (χ4v) is 2.34. The minimum Gasteiger partial charge on any atom is -0.294 e. The molecule has 0 aliphatic rings. The zero-order chi connectivity index (χ0) is 13.1. The Morgan fingerprint density at radius 1 is 0.944 bits per heavy atom. The van der Waals surface area contributed by atoms with Crippen LogP contribution in [0.5, 0.6) is 0 Å². The van der Waals surface area contributed by atoms with Gasteiger partial charge in [0.05, 0.1) is 0 Å². The van der Waals surface area contributed by atoms with E-state index in [0.29, 0.717) is 6.42 Å². The predicted octanol–water partition coefficient (Wildman–Crippen LogP) is 4.04. The van der Waals surface area contributed by atoms with E-state index >= 15 is 0 Å². The maximum Gasteiger partial charge on any atom is 0.167 e. The van der Waals surface area contributed by atoms with Crippen molar-refractivity contribution in [2.24, 2.45) is 0 Å². The molecule has 18 heavy (non-hydrogen) atoms. The molecule has 0 heterocycles. The summed E-state index contributed by atoms with van der Waals surface area (Å²) in [6.07, 6.45) is 0.480. The summed E-state index contributed by atoms with van der Waals surface area (Å²) in [7, 11) is 0. The van der Waals surface area contributed by atoms with Crippen LogP contribution >= 0.6 is 0 Å². The van der Waals surface area contributed by atoms with Gasteiger partial charge in [0.25, 0.3) is 0 Å². The number of benzene rings is 2. The van der Waals surface area contributed by atoms with E-state index in [-0.39, 0.29) is 5.78 Å². The normalized spacial score (nSPS) is 10.4. The zero-order valence-corrected chi connectivity index (χ0v) is 11.2. The summed E-state index contributed by atoms with van der Waals surface area (Å²) in [5.41, 5.74) is 5.40. The highest BCUT2D eigenvalue weighted by atomic mass is 16.1. The third-order valence-corrected chi connectivity index (χ3v) is 3.09. The summed E-state index contributed by atoms with van der Waals surface area (Å²) in [5.74, 6) is 0.193. The number of hydrogen-bond acceptors (Lipinski definition) is 1. The summed E-state index contributed by atoms with van der Waals surface area (Å²) in [4.78, 5) is 12.3. The molecule has 2 aromatic rings. The molecular weight excluding hydrogens is 220 g/mol. The lowest BCUT2D eigenvalue weighted by molar-refractivity contribution is 0.0992. The molecule has 92 valence electrons. The Bertz CT molecular complexity index is 562. The first kappa shape index (κ1) is 12.6. The molecule has 0 fully saturated rings. The van der Waals surface area contributed by atoms with Gasteiger partial charge in [-0.25, -0.2) is 0 Å². The van der Waals surface area contributed by atoms with E-state index in [2.05, 4.69) is 32.0 Å². The number of carbonyl (C=O) groups is 1. The van der Waals surface area contributed by atoms with Crippen molar-refractivity contribution in [3.05, 3.63) is 70.3 Å². The van der Waals surface area contributed by atoms with Crippen molar-refractivity contribution in [3.8, 4) is 0 Å². The highest BCUT2D eigenvalue weighted by molar-refractivity contribution is 5.98. The van der Waals surface area contributed by atoms with Gasteiger partial charge in [-0.05, 0) is 31.9 Å². The lowest BCUT2D eigenvalue weighted by atomic mass is 9.97. The number of carbonyl (C=O) groups excluding carboxylic acids is 1. The van der Waals surface area contributed by atoms with Gasteiger partial charge < -0.3 is 0 Å². The fourth-order valence-electron chi connectivity index (χ4n) is 2.34. The van der Waals surface area contributed by atoms with Gasteiger partial charge in [-0.3, -0.25) is 4.79 Å². The molecule has 0 aliphatic heterocycles. The molecule has 0 saturated carbocycles. The molecule has 0 radical (unpaired) electrons. The number of hydrogen-bond donors (Lipinski definition) is 0.